The number of aryl methyl sites for hydroxylation is 1. The van der Waals surface area contributed by atoms with E-state index >= 15 is 0 Å². The third kappa shape index (κ3) is 3.00. The van der Waals surface area contributed by atoms with Gasteiger partial charge in [-0.2, -0.15) is 0 Å². The second kappa shape index (κ2) is 7.68. The highest BCUT2D eigenvalue weighted by Gasteiger charge is 2.30. The fourth-order valence-electron chi connectivity index (χ4n) is 6.17. The minimum absolute atomic E-state index is 0.257. The summed E-state index contributed by atoms with van der Waals surface area (Å²) in [5, 5.41) is 5.28. The molecule has 0 aliphatic heterocycles. The second-order valence-electron chi connectivity index (χ2n) is 9.81. The zero-order valence-corrected chi connectivity index (χ0v) is 20.0. The Balaban J connectivity index is 1.57. The first-order valence-electron chi connectivity index (χ1n) is 12.4. The van der Waals surface area contributed by atoms with Gasteiger partial charge in [0.05, 0.1) is 0 Å². The van der Waals surface area contributed by atoms with Crippen molar-refractivity contribution in [3.8, 4) is 11.1 Å². The van der Waals surface area contributed by atoms with Crippen molar-refractivity contribution >= 4 is 33.2 Å². The van der Waals surface area contributed by atoms with E-state index in [0.29, 0.717) is 0 Å². The first kappa shape index (κ1) is 20.2. The van der Waals surface area contributed by atoms with Crippen LogP contribution in [0.15, 0.2) is 115 Å². The van der Waals surface area contributed by atoms with Crippen molar-refractivity contribution in [2.45, 2.75) is 19.8 Å². The molecule has 166 valence electrons. The van der Waals surface area contributed by atoms with Crippen molar-refractivity contribution in [2.24, 2.45) is 0 Å². The molecular formula is C35H26. The molecule has 1 unspecified atom stereocenters. The molecule has 0 spiro atoms. The Morgan fingerprint density at radius 2 is 1.37 bits per heavy atom. The van der Waals surface area contributed by atoms with Crippen LogP contribution in [0.4, 0.5) is 0 Å². The van der Waals surface area contributed by atoms with Crippen molar-refractivity contribution in [1.82, 2.24) is 0 Å². The number of rotatable bonds is 2. The zero-order valence-electron chi connectivity index (χ0n) is 20.0. The van der Waals surface area contributed by atoms with Crippen molar-refractivity contribution in [2.75, 3.05) is 0 Å². The average Bonchev–Trinajstić information content (AvgIpc) is 3.12. The summed E-state index contributed by atoms with van der Waals surface area (Å²) in [6.45, 7) is 4.56. The van der Waals surface area contributed by atoms with Crippen LogP contribution in [0.2, 0.25) is 0 Å². The predicted molar refractivity (Wildman–Crippen MR) is 151 cm³/mol. The summed E-state index contributed by atoms with van der Waals surface area (Å²) >= 11 is 0. The SMILES string of the molecule is CC1=C(c2ccccc2C)c2cccc3cc(-c4ccc5ccccc5c4)c4c(c23)C1C=CC=C4. The van der Waals surface area contributed by atoms with E-state index < -0.39 is 0 Å². The molecule has 5 aromatic rings. The van der Waals surface area contributed by atoms with E-state index in [1.165, 1.54) is 71.6 Å². The third-order valence-corrected chi connectivity index (χ3v) is 7.84. The van der Waals surface area contributed by atoms with Crippen LogP contribution < -0.4 is 0 Å². The maximum absolute atomic E-state index is 2.41. The van der Waals surface area contributed by atoms with Crippen LogP contribution in [-0.4, -0.2) is 0 Å². The standard InChI is InChI=1S/C35H26/c1-22-10-3-6-14-28(22)33-23(2)29-15-7-8-16-30-32(21-27-13-9-17-31(33)34(27)35(29)30)26-19-18-24-11-4-5-12-25(24)20-26/h3-21,29H,1-2H3. The zero-order chi connectivity index (χ0) is 23.5. The molecule has 0 saturated carbocycles. The van der Waals surface area contributed by atoms with Crippen LogP contribution in [0.5, 0.6) is 0 Å². The highest BCUT2D eigenvalue weighted by Crippen LogP contribution is 2.50. The molecule has 0 radical (unpaired) electrons. The Labute approximate surface area is 206 Å². The summed E-state index contributed by atoms with van der Waals surface area (Å²) < 4.78 is 0. The van der Waals surface area contributed by atoms with Gasteiger partial charge in [-0.25, -0.2) is 0 Å². The summed E-state index contributed by atoms with van der Waals surface area (Å²) in [5.41, 5.74) is 12.2. The maximum atomic E-state index is 2.41. The van der Waals surface area contributed by atoms with Gasteiger partial charge in [0, 0.05) is 5.92 Å². The lowest BCUT2D eigenvalue weighted by Gasteiger charge is -2.31. The normalized spacial score (nSPS) is 16.2. The van der Waals surface area contributed by atoms with Crippen molar-refractivity contribution in [3.05, 3.63) is 143 Å². The van der Waals surface area contributed by atoms with E-state index in [0.717, 1.165) is 0 Å². The maximum Gasteiger partial charge on any atom is 0.0250 e. The molecule has 0 heteroatoms. The lowest BCUT2D eigenvalue weighted by atomic mass is 9.72. The predicted octanol–water partition coefficient (Wildman–Crippen LogP) is 9.47. The molecule has 2 aliphatic carbocycles. The largest absolute Gasteiger partial charge is 0.0729 e. The van der Waals surface area contributed by atoms with Crippen LogP contribution in [-0.2, 0) is 0 Å². The molecular weight excluding hydrogens is 420 g/mol. The Morgan fingerprint density at radius 1 is 0.600 bits per heavy atom. The molecule has 7 rings (SSSR count). The second-order valence-corrected chi connectivity index (χ2v) is 9.81. The van der Waals surface area contributed by atoms with Gasteiger partial charge in [-0.05, 0) is 92.0 Å². The molecule has 35 heavy (non-hydrogen) atoms. The monoisotopic (exact) mass is 446 g/mol. The number of allylic oxidation sites excluding steroid dienone is 4. The Kier molecular flexibility index (Phi) is 4.44. The summed E-state index contributed by atoms with van der Waals surface area (Å²) in [7, 11) is 0. The third-order valence-electron chi connectivity index (χ3n) is 7.84. The highest BCUT2D eigenvalue weighted by atomic mass is 14.3. The van der Waals surface area contributed by atoms with E-state index in [4.69, 9.17) is 0 Å². The van der Waals surface area contributed by atoms with Gasteiger partial charge in [-0.15, -0.1) is 0 Å². The van der Waals surface area contributed by atoms with Gasteiger partial charge in [0.15, 0.2) is 0 Å². The first-order valence-corrected chi connectivity index (χ1v) is 12.4. The molecule has 0 amide bonds. The minimum atomic E-state index is 0.257. The molecule has 2 aliphatic rings. The number of hydrogen-bond acceptors (Lipinski definition) is 0. The Morgan fingerprint density at radius 3 is 2.26 bits per heavy atom. The smallest absolute Gasteiger partial charge is 0.0250 e. The van der Waals surface area contributed by atoms with Crippen molar-refractivity contribution < 1.29 is 0 Å². The molecule has 0 N–H and O–H groups in total. The van der Waals surface area contributed by atoms with Crippen molar-refractivity contribution in [3.63, 3.8) is 0 Å². The molecule has 0 heterocycles. The van der Waals surface area contributed by atoms with E-state index in [-0.39, 0.29) is 5.92 Å². The van der Waals surface area contributed by atoms with E-state index in [1.54, 1.807) is 0 Å². The number of fused-ring (bicyclic) bond motifs is 1. The number of hydrogen-bond donors (Lipinski definition) is 0. The van der Waals surface area contributed by atoms with Gasteiger partial charge in [-0.3, -0.25) is 0 Å². The van der Waals surface area contributed by atoms with Gasteiger partial charge < -0.3 is 0 Å². The summed E-state index contributed by atoms with van der Waals surface area (Å²) in [6, 6.07) is 33.5. The Hall–Kier alpha value is -4.16. The Bertz CT molecular complexity index is 1760. The minimum Gasteiger partial charge on any atom is -0.0729 e. The van der Waals surface area contributed by atoms with Crippen LogP contribution in [0.3, 0.4) is 0 Å². The van der Waals surface area contributed by atoms with Gasteiger partial charge >= 0.3 is 0 Å². The van der Waals surface area contributed by atoms with E-state index in [9.17, 15) is 0 Å². The van der Waals surface area contributed by atoms with Gasteiger partial charge in [0.25, 0.3) is 0 Å². The molecule has 0 bridgehead atoms. The molecule has 0 aromatic heterocycles. The summed E-state index contributed by atoms with van der Waals surface area (Å²) in [6.07, 6.45) is 9.14. The highest BCUT2D eigenvalue weighted by molar-refractivity contribution is 6.08. The topological polar surface area (TPSA) is 0 Å². The number of benzene rings is 5. The fourth-order valence-corrected chi connectivity index (χ4v) is 6.17. The molecule has 0 nitrogen and oxygen atoms in total. The summed E-state index contributed by atoms with van der Waals surface area (Å²) in [5.74, 6) is 0.257. The van der Waals surface area contributed by atoms with Gasteiger partial charge in [0.1, 0.15) is 0 Å². The molecule has 5 aromatic carbocycles. The van der Waals surface area contributed by atoms with Gasteiger partial charge in [-0.1, -0.05) is 109 Å². The van der Waals surface area contributed by atoms with E-state index in [1.807, 2.05) is 0 Å². The van der Waals surface area contributed by atoms with Gasteiger partial charge in [0.2, 0.25) is 0 Å². The van der Waals surface area contributed by atoms with Crippen LogP contribution in [0.1, 0.15) is 40.7 Å². The van der Waals surface area contributed by atoms with Crippen molar-refractivity contribution in [1.29, 1.82) is 0 Å². The lowest BCUT2D eigenvalue weighted by molar-refractivity contribution is 0.993. The first-order chi connectivity index (χ1) is 17.2. The molecule has 0 fully saturated rings. The van der Waals surface area contributed by atoms with Crippen LogP contribution in [0.25, 0.3) is 44.3 Å². The average molecular weight is 447 g/mol. The van der Waals surface area contributed by atoms with Crippen LogP contribution in [0, 0.1) is 6.92 Å². The quantitative estimate of drug-likeness (QED) is 0.253. The molecule has 0 saturated heterocycles. The fraction of sp³-hybridized carbons (Fsp3) is 0.0857. The lowest BCUT2D eigenvalue weighted by Crippen LogP contribution is -2.11. The van der Waals surface area contributed by atoms with E-state index in [2.05, 4.69) is 129 Å². The van der Waals surface area contributed by atoms with Crippen LogP contribution >= 0.6 is 0 Å². The molecule has 1 atom stereocenters. The summed E-state index contributed by atoms with van der Waals surface area (Å²) in [4.78, 5) is 0.